The number of benzene rings is 1. The second-order valence-electron chi connectivity index (χ2n) is 4.83. The van der Waals surface area contributed by atoms with Crippen molar-refractivity contribution >= 4 is 50.9 Å². The summed E-state index contributed by atoms with van der Waals surface area (Å²) in [5.74, 6) is 0.397. The Labute approximate surface area is 147 Å². The molecule has 0 aliphatic carbocycles. The van der Waals surface area contributed by atoms with Crippen molar-refractivity contribution in [2.45, 2.75) is 6.54 Å². The summed E-state index contributed by atoms with van der Waals surface area (Å²) in [7, 11) is 1.86. The molecule has 22 heavy (non-hydrogen) atoms. The minimum absolute atomic E-state index is 0.127. The fraction of sp³-hybridized carbons (Fsp3) is 0.200. The first-order valence-electron chi connectivity index (χ1n) is 6.48. The summed E-state index contributed by atoms with van der Waals surface area (Å²) < 4.78 is 0.863. The van der Waals surface area contributed by atoms with Crippen molar-refractivity contribution < 1.29 is 4.79 Å². The molecule has 1 aromatic carbocycles. The molecule has 0 saturated carbocycles. The summed E-state index contributed by atoms with van der Waals surface area (Å²) in [6.45, 7) is 0.843. The highest BCUT2D eigenvalue weighted by atomic mass is 79.9. The van der Waals surface area contributed by atoms with E-state index in [1.54, 1.807) is 24.4 Å². The molecule has 1 aromatic heterocycles. The zero-order valence-corrected chi connectivity index (χ0v) is 14.9. The number of anilines is 1. The van der Waals surface area contributed by atoms with E-state index in [4.69, 9.17) is 23.2 Å². The van der Waals surface area contributed by atoms with E-state index in [1.165, 1.54) is 0 Å². The van der Waals surface area contributed by atoms with Crippen molar-refractivity contribution in [3.63, 3.8) is 0 Å². The number of pyridine rings is 1. The van der Waals surface area contributed by atoms with Gasteiger partial charge in [-0.25, -0.2) is 4.98 Å². The Morgan fingerprint density at radius 2 is 2.05 bits per heavy atom. The Bertz CT molecular complexity index is 664. The van der Waals surface area contributed by atoms with E-state index in [0.29, 0.717) is 22.4 Å². The van der Waals surface area contributed by atoms with Gasteiger partial charge in [0, 0.05) is 17.2 Å². The normalized spacial score (nSPS) is 10.8. The number of likely N-dealkylation sites (N-methyl/N-ethyl adjacent to an activating group) is 1. The largest absolute Gasteiger partial charge is 0.310 e. The Morgan fingerprint density at radius 1 is 1.27 bits per heavy atom. The van der Waals surface area contributed by atoms with Gasteiger partial charge in [-0.2, -0.15) is 0 Å². The number of halogens is 3. The van der Waals surface area contributed by atoms with E-state index in [2.05, 4.69) is 26.2 Å². The summed E-state index contributed by atoms with van der Waals surface area (Å²) in [6.07, 6.45) is 1.63. The van der Waals surface area contributed by atoms with Gasteiger partial charge in [-0.3, -0.25) is 9.69 Å². The van der Waals surface area contributed by atoms with Gasteiger partial charge in [0.05, 0.1) is 16.6 Å². The average Bonchev–Trinajstić information content (AvgIpc) is 2.45. The highest BCUT2D eigenvalue weighted by Crippen LogP contribution is 2.23. The fourth-order valence-electron chi connectivity index (χ4n) is 1.88. The maximum Gasteiger partial charge on any atom is 0.239 e. The number of hydrogen-bond donors (Lipinski definition) is 1. The maximum absolute atomic E-state index is 12.0. The van der Waals surface area contributed by atoms with Crippen LogP contribution in [-0.4, -0.2) is 29.4 Å². The van der Waals surface area contributed by atoms with Gasteiger partial charge in [-0.15, -0.1) is 0 Å². The summed E-state index contributed by atoms with van der Waals surface area (Å²) in [6, 6.07) is 9.00. The van der Waals surface area contributed by atoms with Crippen molar-refractivity contribution in [2.24, 2.45) is 0 Å². The number of carbonyl (C=O) groups excluding carboxylic acids is 1. The smallest absolute Gasteiger partial charge is 0.239 e. The number of nitrogens with one attached hydrogen (secondary N) is 1. The maximum atomic E-state index is 12.0. The number of hydrogen-bond acceptors (Lipinski definition) is 3. The lowest BCUT2D eigenvalue weighted by molar-refractivity contribution is -0.117. The van der Waals surface area contributed by atoms with E-state index in [-0.39, 0.29) is 12.5 Å². The van der Waals surface area contributed by atoms with Gasteiger partial charge in [-0.1, -0.05) is 29.3 Å². The van der Waals surface area contributed by atoms with Gasteiger partial charge in [0.15, 0.2) is 0 Å². The number of carbonyl (C=O) groups is 1. The van der Waals surface area contributed by atoms with Gasteiger partial charge in [0.25, 0.3) is 0 Å². The highest BCUT2D eigenvalue weighted by molar-refractivity contribution is 9.10. The number of aromatic nitrogens is 1. The molecule has 1 amide bonds. The van der Waals surface area contributed by atoms with Crippen molar-refractivity contribution in [1.82, 2.24) is 9.88 Å². The molecule has 0 bridgehead atoms. The molecule has 0 aliphatic rings. The van der Waals surface area contributed by atoms with Crippen LogP contribution in [0.1, 0.15) is 5.56 Å². The Balaban J connectivity index is 1.88. The summed E-state index contributed by atoms with van der Waals surface area (Å²) >= 11 is 15.2. The highest BCUT2D eigenvalue weighted by Gasteiger charge is 2.09. The van der Waals surface area contributed by atoms with E-state index in [1.807, 2.05) is 24.1 Å². The lowest BCUT2D eigenvalue weighted by Crippen LogP contribution is -2.30. The zero-order chi connectivity index (χ0) is 16.1. The van der Waals surface area contributed by atoms with E-state index in [0.717, 1.165) is 10.0 Å². The molecule has 1 heterocycles. The van der Waals surface area contributed by atoms with E-state index in [9.17, 15) is 4.79 Å². The van der Waals surface area contributed by atoms with Crippen molar-refractivity contribution in [3.8, 4) is 0 Å². The molecule has 2 aromatic rings. The standard InChI is InChI=1S/C15H14BrCl2N3O/c1-21(8-10-2-4-12(17)13(18)6-10)9-15(22)20-14-5-3-11(16)7-19-14/h2-7H,8-9H2,1H3,(H,19,20,22). The average molecular weight is 403 g/mol. The second kappa shape index (κ2) is 7.92. The SMILES string of the molecule is CN(CC(=O)Nc1ccc(Br)cn1)Cc1ccc(Cl)c(Cl)c1. The molecule has 2 rings (SSSR count). The molecule has 7 heteroatoms. The van der Waals surface area contributed by atoms with Crippen molar-refractivity contribution in [3.05, 3.63) is 56.6 Å². The molecular formula is C15H14BrCl2N3O. The van der Waals surface area contributed by atoms with Crippen molar-refractivity contribution in [2.75, 3.05) is 18.9 Å². The Morgan fingerprint density at radius 3 is 2.68 bits per heavy atom. The molecule has 0 aliphatic heterocycles. The number of amides is 1. The molecule has 0 spiro atoms. The first kappa shape index (κ1) is 17.2. The molecular weight excluding hydrogens is 389 g/mol. The van der Waals surface area contributed by atoms with Crippen LogP contribution in [0, 0.1) is 0 Å². The molecule has 0 saturated heterocycles. The van der Waals surface area contributed by atoms with Gasteiger partial charge in [0.1, 0.15) is 5.82 Å². The third kappa shape index (κ3) is 5.25. The van der Waals surface area contributed by atoms with Crippen LogP contribution in [0.2, 0.25) is 10.0 Å². The summed E-state index contributed by atoms with van der Waals surface area (Å²) in [5, 5.41) is 3.78. The summed E-state index contributed by atoms with van der Waals surface area (Å²) in [4.78, 5) is 18.0. The van der Waals surface area contributed by atoms with Crippen LogP contribution in [0.25, 0.3) is 0 Å². The number of rotatable bonds is 5. The predicted octanol–water partition coefficient (Wildman–Crippen LogP) is 4.22. The number of nitrogens with zero attached hydrogens (tertiary/aromatic N) is 2. The first-order chi connectivity index (χ1) is 10.4. The van der Waals surface area contributed by atoms with Crippen molar-refractivity contribution in [1.29, 1.82) is 0 Å². The zero-order valence-electron chi connectivity index (χ0n) is 11.8. The van der Waals surface area contributed by atoms with E-state index >= 15 is 0 Å². The molecule has 0 radical (unpaired) electrons. The Hall–Kier alpha value is -1.14. The molecule has 0 unspecified atom stereocenters. The third-order valence-corrected chi connectivity index (χ3v) is 4.05. The van der Waals surface area contributed by atoms with Gasteiger partial charge < -0.3 is 5.32 Å². The lowest BCUT2D eigenvalue weighted by atomic mass is 10.2. The van der Waals surface area contributed by atoms with Crippen LogP contribution in [0.4, 0.5) is 5.82 Å². The Kier molecular flexibility index (Phi) is 6.20. The quantitative estimate of drug-likeness (QED) is 0.814. The molecule has 116 valence electrons. The molecule has 0 atom stereocenters. The minimum Gasteiger partial charge on any atom is -0.310 e. The van der Waals surface area contributed by atoms with Crippen LogP contribution in [0.3, 0.4) is 0 Å². The molecule has 4 nitrogen and oxygen atoms in total. The second-order valence-corrected chi connectivity index (χ2v) is 6.56. The molecule has 0 fully saturated rings. The van der Waals surface area contributed by atoms with Crippen LogP contribution in [0.5, 0.6) is 0 Å². The third-order valence-electron chi connectivity index (χ3n) is 2.84. The van der Waals surface area contributed by atoms with Gasteiger partial charge >= 0.3 is 0 Å². The van der Waals surface area contributed by atoms with Crippen LogP contribution < -0.4 is 5.32 Å². The first-order valence-corrected chi connectivity index (χ1v) is 8.03. The summed E-state index contributed by atoms with van der Waals surface area (Å²) in [5.41, 5.74) is 0.992. The van der Waals surface area contributed by atoms with Gasteiger partial charge in [-0.05, 0) is 52.8 Å². The van der Waals surface area contributed by atoms with Crippen LogP contribution >= 0.6 is 39.1 Å². The lowest BCUT2D eigenvalue weighted by Gasteiger charge is -2.16. The minimum atomic E-state index is -0.127. The van der Waals surface area contributed by atoms with Crippen LogP contribution in [0.15, 0.2) is 41.0 Å². The van der Waals surface area contributed by atoms with Crippen LogP contribution in [-0.2, 0) is 11.3 Å². The monoisotopic (exact) mass is 401 g/mol. The van der Waals surface area contributed by atoms with E-state index < -0.39 is 0 Å². The molecule has 1 N–H and O–H groups in total. The topological polar surface area (TPSA) is 45.2 Å². The predicted molar refractivity (Wildman–Crippen MR) is 93.4 cm³/mol. The van der Waals surface area contributed by atoms with Gasteiger partial charge in [0.2, 0.25) is 5.91 Å². The fourth-order valence-corrected chi connectivity index (χ4v) is 2.44.